The monoisotopic (exact) mass is 417 g/mol. The number of imidazole rings is 1. The lowest BCUT2D eigenvalue weighted by molar-refractivity contribution is 0.521. The summed E-state index contributed by atoms with van der Waals surface area (Å²) in [6, 6.07) is 6.69. The molecule has 28 heavy (non-hydrogen) atoms. The van der Waals surface area contributed by atoms with Gasteiger partial charge in [-0.1, -0.05) is 0 Å². The molecule has 0 aliphatic rings. The Bertz CT molecular complexity index is 1350. The molecule has 0 bridgehead atoms. The summed E-state index contributed by atoms with van der Waals surface area (Å²) in [6.45, 7) is 2.89. The van der Waals surface area contributed by atoms with Gasteiger partial charge in [-0.3, -0.25) is 9.36 Å². The van der Waals surface area contributed by atoms with Gasteiger partial charge in [-0.25, -0.2) is 22.7 Å². The average Bonchev–Trinajstić information content (AvgIpc) is 3.27. The summed E-state index contributed by atoms with van der Waals surface area (Å²) < 4.78 is 29.5. The molecule has 3 aromatic heterocycles. The summed E-state index contributed by atoms with van der Waals surface area (Å²) in [4.78, 5) is 22.5. The van der Waals surface area contributed by atoms with Crippen molar-refractivity contribution in [2.75, 3.05) is 14.1 Å². The van der Waals surface area contributed by atoms with Crippen LogP contribution in [0.1, 0.15) is 12.7 Å². The van der Waals surface area contributed by atoms with Crippen molar-refractivity contribution in [2.45, 2.75) is 24.9 Å². The molecule has 0 aliphatic carbocycles. The molecule has 146 valence electrons. The Morgan fingerprint density at radius 3 is 2.71 bits per heavy atom. The highest BCUT2D eigenvalue weighted by atomic mass is 32.2. The minimum absolute atomic E-state index is 0.114. The Kier molecular flexibility index (Phi) is 4.56. The Morgan fingerprint density at radius 2 is 2.00 bits per heavy atom. The van der Waals surface area contributed by atoms with Crippen molar-refractivity contribution >= 4 is 42.6 Å². The number of nitrogens with zero attached hydrogens (tertiary/aromatic N) is 5. The number of hydrogen-bond donors (Lipinski definition) is 0. The molecule has 1 aromatic carbocycles. The van der Waals surface area contributed by atoms with E-state index in [1.54, 1.807) is 24.3 Å². The van der Waals surface area contributed by atoms with Crippen molar-refractivity contribution in [3.8, 4) is 0 Å². The Balaban J connectivity index is 1.82. The van der Waals surface area contributed by atoms with Gasteiger partial charge in [-0.2, -0.15) is 0 Å². The van der Waals surface area contributed by atoms with Crippen molar-refractivity contribution in [2.24, 2.45) is 0 Å². The topological polar surface area (TPSA) is 90.1 Å². The molecule has 0 amide bonds. The third-order valence-electron chi connectivity index (χ3n) is 4.66. The van der Waals surface area contributed by atoms with Crippen LogP contribution in [0.15, 0.2) is 45.7 Å². The second kappa shape index (κ2) is 6.80. The lowest BCUT2D eigenvalue weighted by Gasteiger charge is -2.11. The molecule has 0 atom stereocenters. The smallest absolute Gasteiger partial charge is 0.262 e. The third kappa shape index (κ3) is 2.93. The van der Waals surface area contributed by atoms with E-state index in [0.29, 0.717) is 28.1 Å². The maximum Gasteiger partial charge on any atom is 0.262 e. The van der Waals surface area contributed by atoms with Crippen LogP contribution < -0.4 is 5.56 Å². The minimum Gasteiger partial charge on any atom is -0.327 e. The Morgan fingerprint density at radius 1 is 1.21 bits per heavy atom. The van der Waals surface area contributed by atoms with Crippen molar-refractivity contribution in [3.05, 3.63) is 52.2 Å². The van der Waals surface area contributed by atoms with Crippen LogP contribution in [-0.4, -0.2) is 45.9 Å². The highest BCUT2D eigenvalue weighted by molar-refractivity contribution is 7.89. The summed E-state index contributed by atoms with van der Waals surface area (Å²) in [5.74, 6) is 0.676. The van der Waals surface area contributed by atoms with Gasteiger partial charge in [-0.15, -0.1) is 11.3 Å². The maximum absolute atomic E-state index is 12.7. The highest BCUT2D eigenvalue weighted by Gasteiger charge is 2.20. The van der Waals surface area contributed by atoms with Crippen molar-refractivity contribution < 1.29 is 8.42 Å². The van der Waals surface area contributed by atoms with E-state index in [4.69, 9.17) is 0 Å². The number of aromatic nitrogens is 4. The zero-order chi connectivity index (χ0) is 20.1. The van der Waals surface area contributed by atoms with Gasteiger partial charge >= 0.3 is 0 Å². The molecule has 0 saturated carbocycles. The summed E-state index contributed by atoms with van der Waals surface area (Å²) >= 11 is 1.43. The van der Waals surface area contributed by atoms with E-state index in [1.165, 1.54) is 40.6 Å². The normalized spacial score (nSPS) is 12.4. The molecule has 4 rings (SSSR count). The van der Waals surface area contributed by atoms with E-state index in [0.717, 1.165) is 5.52 Å². The van der Waals surface area contributed by atoms with Gasteiger partial charge in [0.1, 0.15) is 10.7 Å². The summed E-state index contributed by atoms with van der Waals surface area (Å²) in [6.07, 6.45) is 1.53. The fourth-order valence-electron chi connectivity index (χ4n) is 3.16. The number of thiophene rings is 1. The Labute approximate surface area is 165 Å². The molecule has 0 saturated heterocycles. The molecule has 0 unspecified atom stereocenters. The second-order valence-corrected chi connectivity index (χ2v) is 9.57. The molecule has 0 aliphatic heterocycles. The molecule has 0 radical (unpaired) electrons. The van der Waals surface area contributed by atoms with Crippen LogP contribution in [0.4, 0.5) is 0 Å². The molecule has 0 spiro atoms. The number of hydrogen-bond acceptors (Lipinski definition) is 6. The zero-order valence-corrected chi connectivity index (χ0v) is 17.3. The van der Waals surface area contributed by atoms with E-state index in [1.807, 2.05) is 16.9 Å². The van der Waals surface area contributed by atoms with Gasteiger partial charge in [0.05, 0.1) is 34.2 Å². The Hall–Kier alpha value is -2.56. The molecule has 8 nitrogen and oxygen atoms in total. The first-order chi connectivity index (χ1) is 13.3. The van der Waals surface area contributed by atoms with Gasteiger partial charge in [0, 0.05) is 20.6 Å². The van der Waals surface area contributed by atoms with Gasteiger partial charge < -0.3 is 4.57 Å². The number of benzene rings is 1. The predicted molar refractivity (Wildman–Crippen MR) is 109 cm³/mol. The highest BCUT2D eigenvalue weighted by Crippen LogP contribution is 2.22. The second-order valence-electron chi connectivity index (χ2n) is 6.53. The van der Waals surface area contributed by atoms with Crippen molar-refractivity contribution in [1.29, 1.82) is 0 Å². The number of fused-ring (bicyclic) bond motifs is 2. The first-order valence-corrected chi connectivity index (χ1v) is 11.0. The minimum atomic E-state index is -3.54. The van der Waals surface area contributed by atoms with Crippen LogP contribution >= 0.6 is 11.3 Å². The van der Waals surface area contributed by atoms with Crippen molar-refractivity contribution in [1.82, 2.24) is 23.4 Å². The lowest BCUT2D eigenvalue weighted by Crippen LogP contribution is -2.22. The zero-order valence-electron chi connectivity index (χ0n) is 15.7. The maximum atomic E-state index is 12.7. The summed E-state index contributed by atoms with van der Waals surface area (Å²) in [5, 5.41) is 2.43. The van der Waals surface area contributed by atoms with Crippen LogP contribution in [0.5, 0.6) is 0 Å². The van der Waals surface area contributed by atoms with E-state index >= 15 is 0 Å². The standard InChI is InChI=1S/C18H19N5O3S2/c1-4-23-15-6-5-12(28(25,26)21(2)3)9-14(15)20-16(23)10-22-11-19-17-13(18(22)24)7-8-27-17/h5-9,11H,4,10H2,1-3H3. The number of sulfonamides is 1. The van der Waals surface area contributed by atoms with Crippen molar-refractivity contribution in [3.63, 3.8) is 0 Å². The molecule has 0 N–H and O–H groups in total. The molecule has 10 heteroatoms. The largest absolute Gasteiger partial charge is 0.327 e. The molecule has 4 aromatic rings. The van der Waals surface area contributed by atoms with Crippen LogP contribution in [0.25, 0.3) is 21.3 Å². The predicted octanol–water partition coefficient (Wildman–Crippen LogP) is 2.13. The van der Waals surface area contributed by atoms with E-state index < -0.39 is 10.0 Å². The van der Waals surface area contributed by atoms with Gasteiger partial charge in [0.15, 0.2) is 0 Å². The molecular formula is C18H19N5O3S2. The SMILES string of the molecule is CCn1c(Cn2cnc3sccc3c2=O)nc2cc(S(=O)(=O)N(C)C)ccc21. The first kappa shape index (κ1) is 18.8. The molecule has 3 heterocycles. The van der Waals surface area contributed by atoms with Crippen LogP contribution in [0.3, 0.4) is 0 Å². The first-order valence-electron chi connectivity index (χ1n) is 8.67. The fraction of sp³-hybridized carbons (Fsp3) is 0.278. The number of aryl methyl sites for hydroxylation is 1. The fourth-order valence-corrected chi connectivity index (χ4v) is 4.81. The summed E-state index contributed by atoms with van der Waals surface area (Å²) in [7, 11) is -0.551. The average molecular weight is 418 g/mol. The van der Waals surface area contributed by atoms with E-state index in [9.17, 15) is 13.2 Å². The van der Waals surface area contributed by atoms with E-state index in [-0.39, 0.29) is 17.0 Å². The van der Waals surface area contributed by atoms with Gasteiger partial charge in [0.2, 0.25) is 10.0 Å². The van der Waals surface area contributed by atoms with Gasteiger partial charge in [-0.05, 0) is 36.6 Å². The molecule has 0 fully saturated rings. The summed E-state index contributed by atoms with van der Waals surface area (Å²) in [5.41, 5.74) is 1.29. The van der Waals surface area contributed by atoms with Crippen LogP contribution in [-0.2, 0) is 23.1 Å². The van der Waals surface area contributed by atoms with Crippen LogP contribution in [0.2, 0.25) is 0 Å². The number of rotatable bonds is 5. The van der Waals surface area contributed by atoms with Crippen LogP contribution in [0, 0.1) is 0 Å². The quantitative estimate of drug-likeness (QED) is 0.496. The third-order valence-corrected chi connectivity index (χ3v) is 7.29. The van der Waals surface area contributed by atoms with E-state index in [2.05, 4.69) is 9.97 Å². The van der Waals surface area contributed by atoms with Gasteiger partial charge in [0.25, 0.3) is 5.56 Å². The lowest BCUT2D eigenvalue weighted by atomic mass is 10.3. The molecular weight excluding hydrogens is 398 g/mol.